The zero-order valence-corrected chi connectivity index (χ0v) is 19.9. The number of ether oxygens (including phenoxy) is 1. The first-order valence-corrected chi connectivity index (χ1v) is 12.8. The van der Waals surface area contributed by atoms with Gasteiger partial charge in [0.25, 0.3) is 0 Å². The van der Waals surface area contributed by atoms with Crippen LogP contribution in [0.15, 0.2) is 18.2 Å². The maximum atomic E-state index is 12.5. The molecule has 30 heavy (non-hydrogen) atoms. The number of carbonyl (C=O) groups excluding carboxylic acids is 1. The van der Waals surface area contributed by atoms with Crippen LogP contribution in [0.2, 0.25) is 0 Å². The Bertz CT molecular complexity index is 764. The lowest BCUT2D eigenvalue weighted by Crippen LogP contribution is -2.42. The molecule has 0 saturated heterocycles. The van der Waals surface area contributed by atoms with Gasteiger partial charge in [-0.15, -0.1) is 23.2 Å². The van der Waals surface area contributed by atoms with Gasteiger partial charge < -0.3 is 9.64 Å². The first kappa shape index (κ1) is 22.3. The van der Waals surface area contributed by atoms with E-state index >= 15 is 0 Å². The average Bonchev–Trinajstić information content (AvgIpc) is 3.09. The van der Waals surface area contributed by atoms with Crippen molar-refractivity contribution in [1.29, 1.82) is 0 Å². The Morgan fingerprint density at radius 2 is 1.93 bits per heavy atom. The number of amides is 1. The van der Waals surface area contributed by atoms with Gasteiger partial charge >= 0.3 is 6.09 Å². The van der Waals surface area contributed by atoms with Crippen LogP contribution in [-0.4, -0.2) is 35.8 Å². The van der Waals surface area contributed by atoms with Crippen molar-refractivity contribution >= 4 is 29.3 Å². The van der Waals surface area contributed by atoms with Crippen molar-refractivity contribution in [3.05, 3.63) is 29.3 Å². The van der Waals surface area contributed by atoms with E-state index in [1.807, 2.05) is 6.07 Å². The van der Waals surface area contributed by atoms with Crippen molar-refractivity contribution < 1.29 is 9.53 Å². The highest BCUT2D eigenvalue weighted by molar-refractivity contribution is 6.18. The fourth-order valence-corrected chi connectivity index (χ4v) is 7.47. The summed E-state index contributed by atoms with van der Waals surface area (Å²) in [5, 5.41) is 0. The molecule has 0 N–H and O–H groups in total. The Morgan fingerprint density at radius 3 is 2.63 bits per heavy atom. The average molecular weight is 452 g/mol. The van der Waals surface area contributed by atoms with Crippen LogP contribution in [0.3, 0.4) is 0 Å². The van der Waals surface area contributed by atoms with E-state index in [0.717, 1.165) is 24.2 Å². The quantitative estimate of drug-likeness (QED) is 0.442. The summed E-state index contributed by atoms with van der Waals surface area (Å²) in [6.07, 6.45) is 8.84. The molecule has 4 rings (SSSR count). The maximum Gasteiger partial charge on any atom is 0.415 e. The van der Waals surface area contributed by atoms with Gasteiger partial charge in [-0.05, 0) is 90.9 Å². The number of halogens is 2. The van der Waals surface area contributed by atoms with Crippen molar-refractivity contribution in [2.24, 2.45) is 23.2 Å². The van der Waals surface area contributed by atoms with Gasteiger partial charge in [0.15, 0.2) is 0 Å². The monoisotopic (exact) mass is 451 g/mol. The second-order valence-corrected chi connectivity index (χ2v) is 10.5. The molecule has 1 aromatic rings. The second kappa shape index (κ2) is 9.28. The molecular formula is C25H35Cl2NO2. The molecule has 0 bridgehead atoms. The Kier molecular flexibility index (Phi) is 6.89. The number of nitrogens with zero attached hydrogens (tertiary/aromatic N) is 1. The highest BCUT2D eigenvalue weighted by Crippen LogP contribution is 2.63. The molecule has 166 valence electrons. The van der Waals surface area contributed by atoms with Crippen LogP contribution in [0, 0.1) is 23.2 Å². The third kappa shape index (κ3) is 3.97. The SMILES string of the molecule is CCC1CCC2C3CCc4cc(OC(=O)N(CCCl)CCCl)ccc4C3CCC12C. The summed E-state index contributed by atoms with van der Waals surface area (Å²) in [4.78, 5) is 14.1. The van der Waals surface area contributed by atoms with Crippen molar-refractivity contribution in [3.8, 4) is 5.75 Å². The van der Waals surface area contributed by atoms with Crippen molar-refractivity contribution in [1.82, 2.24) is 4.90 Å². The largest absolute Gasteiger partial charge is 0.415 e. The Hall–Kier alpha value is -0.930. The van der Waals surface area contributed by atoms with Gasteiger partial charge in [-0.25, -0.2) is 4.79 Å². The summed E-state index contributed by atoms with van der Waals surface area (Å²) in [5.41, 5.74) is 3.43. The molecule has 0 heterocycles. The molecule has 1 aromatic carbocycles. The molecule has 2 fully saturated rings. The van der Waals surface area contributed by atoms with Gasteiger partial charge in [0.2, 0.25) is 0 Å². The topological polar surface area (TPSA) is 29.5 Å². The van der Waals surface area contributed by atoms with Crippen LogP contribution >= 0.6 is 23.2 Å². The minimum Gasteiger partial charge on any atom is -0.410 e. The minimum atomic E-state index is -0.366. The number of aryl methyl sites for hydroxylation is 1. The van der Waals surface area contributed by atoms with Crippen LogP contribution in [-0.2, 0) is 6.42 Å². The van der Waals surface area contributed by atoms with Crippen molar-refractivity contribution in [3.63, 3.8) is 0 Å². The molecule has 0 radical (unpaired) electrons. The highest BCUT2D eigenvalue weighted by Gasteiger charge is 2.53. The molecule has 0 spiro atoms. The molecular weight excluding hydrogens is 417 g/mol. The van der Waals surface area contributed by atoms with Crippen LogP contribution < -0.4 is 4.74 Å². The molecule has 0 aliphatic heterocycles. The van der Waals surface area contributed by atoms with E-state index in [9.17, 15) is 4.79 Å². The fourth-order valence-electron chi connectivity index (χ4n) is 7.07. The van der Waals surface area contributed by atoms with Gasteiger partial charge in [0.05, 0.1) is 0 Å². The van der Waals surface area contributed by atoms with E-state index < -0.39 is 0 Å². The number of rotatable bonds is 6. The van der Waals surface area contributed by atoms with Crippen LogP contribution in [0.1, 0.15) is 69.4 Å². The number of hydrogen-bond acceptors (Lipinski definition) is 2. The van der Waals surface area contributed by atoms with Crippen molar-refractivity contribution in [2.45, 2.75) is 64.7 Å². The van der Waals surface area contributed by atoms with E-state index in [0.29, 0.717) is 41.9 Å². The molecule has 3 aliphatic carbocycles. The molecule has 3 aliphatic rings. The maximum absolute atomic E-state index is 12.5. The second-order valence-electron chi connectivity index (χ2n) is 9.74. The van der Waals surface area contributed by atoms with E-state index in [2.05, 4.69) is 26.0 Å². The third-order valence-corrected chi connectivity index (χ3v) is 8.90. The fraction of sp³-hybridized carbons (Fsp3) is 0.720. The third-order valence-electron chi connectivity index (χ3n) is 8.56. The molecule has 5 atom stereocenters. The molecule has 5 heteroatoms. The number of benzene rings is 1. The van der Waals surface area contributed by atoms with E-state index in [1.165, 1.54) is 49.7 Å². The van der Waals surface area contributed by atoms with Gasteiger partial charge in [-0.1, -0.05) is 26.3 Å². The van der Waals surface area contributed by atoms with E-state index in [-0.39, 0.29) is 6.09 Å². The number of carbonyl (C=O) groups is 1. The summed E-state index contributed by atoms with van der Waals surface area (Å²) in [6.45, 7) is 5.85. The molecule has 2 saturated carbocycles. The summed E-state index contributed by atoms with van der Waals surface area (Å²) in [6, 6.07) is 6.31. The summed E-state index contributed by atoms with van der Waals surface area (Å²) in [5.74, 6) is 4.68. The van der Waals surface area contributed by atoms with E-state index in [4.69, 9.17) is 27.9 Å². The Labute approximate surface area is 191 Å². The minimum absolute atomic E-state index is 0.366. The smallest absolute Gasteiger partial charge is 0.410 e. The van der Waals surface area contributed by atoms with Gasteiger partial charge in [0.1, 0.15) is 5.75 Å². The van der Waals surface area contributed by atoms with E-state index in [1.54, 1.807) is 4.90 Å². The molecule has 0 aromatic heterocycles. The zero-order valence-electron chi connectivity index (χ0n) is 18.3. The molecule has 1 amide bonds. The first-order chi connectivity index (χ1) is 14.5. The summed E-state index contributed by atoms with van der Waals surface area (Å²) >= 11 is 11.6. The van der Waals surface area contributed by atoms with Crippen LogP contribution in [0.5, 0.6) is 5.75 Å². The molecule has 3 nitrogen and oxygen atoms in total. The summed E-state index contributed by atoms with van der Waals surface area (Å²) in [7, 11) is 0. The Morgan fingerprint density at radius 1 is 1.17 bits per heavy atom. The zero-order chi connectivity index (χ0) is 21.3. The lowest BCUT2D eigenvalue weighted by atomic mass is 9.54. The normalized spacial score (nSPS) is 32.1. The van der Waals surface area contributed by atoms with Crippen LogP contribution in [0.4, 0.5) is 4.79 Å². The van der Waals surface area contributed by atoms with Crippen LogP contribution in [0.25, 0.3) is 0 Å². The molecule has 5 unspecified atom stereocenters. The number of fused-ring (bicyclic) bond motifs is 5. The number of alkyl halides is 2. The van der Waals surface area contributed by atoms with Gasteiger partial charge in [-0.3, -0.25) is 0 Å². The predicted molar refractivity (Wildman–Crippen MR) is 124 cm³/mol. The lowest BCUT2D eigenvalue weighted by molar-refractivity contribution is 0.0273. The first-order valence-electron chi connectivity index (χ1n) is 11.7. The summed E-state index contributed by atoms with van der Waals surface area (Å²) < 4.78 is 5.67. The number of hydrogen-bond donors (Lipinski definition) is 0. The highest BCUT2D eigenvalue weighted by atomic mass is 35.5. The van der Waals surface area contributed by atoms with Gasteiger partial charge in [-0.2, -0.15) is 0 Å². The van der Waals surface area contributed by atoms with Gasteiger partial charge in [0, 0.05) is 24.8 Å². The Balaban J connectivity index is 1.49. The standard InChI is InChI=1S/C25H35Cl2NO2/c1-3-18-5-9-23-22-7-4-17-16-19(30-24(29)28(14-12-26)15-13-27)6-8-20(17)21(22)10-11-25(18,23)2/h6,8,16,18,21-23H,3-5,7,9-15H2,1-2H3. The van der Waals surface area contributed by atoms with Crippen molar-refractivity contribution in [2.75, 3.05) is 24.8 Å². The predicted octanol–water partition coefficient (Wildman–Crippen LogP) is 6.85. The lowest BCUT2D eigenvalue weighted by Gasteiger charge is -2.51.